The Morgan fingerprint density at radius 2 is 1.53 bits per heavy atom. The molecule has 2 heteroatoms. The summed E-state index contributed by atoms with van der Waals surface area (Å²) in [6.45, 7) is 5.04. The Kier molecular flexibility index (Phi) is 4.67. The van der Waals surface area contributed by atoms with E-state index in [9.17, 15) is 0 Å². The molecule has 2 N–H and O–H groups in total. The van der Waals surface area contributed by atoms with Crippen LogP contribution in [0.2, 0.25) is 0 Å². The smallest absolute Gasteiger partial charge is 0.0178 e. The van der Waals surface area contributed by atoms with Crippen molar-refractivity contribution in [3.63, 3.8) is 0 Å². The highest BCUT2D eigenvalue weighted by molar-refractivity contribution is 7.98. The summed E-state index contributed by atoms with van der Waals surface area (Å²) in [5.74, 6) is 0. The van der Waals surface area contributed by atoms with Crippen LogP contribution in [0.3, 0.4) is 0 Å². The lowest BCUT2D eigenvalue weighted by Gasteiger charge is -2.12. The molecule has 0 aliphatic carbocycles. The molecular formula is C17H21NS. The minimum absolute atomic E-state index is 0.612. The average molecular weight is 271 g/mol. The van der Waals surface area contributed by atoms with E-state index in [0.29, 0.717) is 6.54 Å². The van der Waals surface area contributed by atoms with Crippen LogP contribution in [-0.2, 0) is 13.0 Å². The van der Waals surface area contributed by atoms with Crippen LogP contribution >= 0.6 is 11.8 Å². The second kappa shape index (κ2) is 6.27. The summed E-state index contributed by atoms with van der Waals surface area (Å²) in [4.78, 5) is 1.37. The van der Waals surface area contributed by atoms with E-state index in [-0.39, 0.29) is 0 Å². The van der Waals surface area contributed by atoms with Crippen molar-refractivity contribution in [2.24, 2.45) is 5.73 Å². The van der Waals surface area contributed by atoms with Crippen LogP contribution in [0.1, 0.15) is 27.8 Å². The molecule has 2 aromatic rings. The number of hydrogen-bond acceptors (Lipinski definition) is 2. The Morgan fingerprint density at radius 3 is 2.11 bits per heavy atom. The van der Waals surface area contributed by atoms with Crippen LogP contribution < -0.4 is 5.73 Å². The number of rotatable bonds is 4. The summed E-state index contributed by atoms with van der Waals surface area (Å²) >= 11 is 1.82. The van der Waals surface area contributed by atoms with Gasteiger partial charge in [0.25, 0.3) is 0 Å². The molecular weight excluding hydrogens is 250 g/mol. The predicted molar refractivity (Wildman–Crippen MR) is 84.8 cm³/mol. The molecule has 0 saturated heterocycles. The molecule has 0 spiro atoms. The highest BCUT2D eigenvalue weighted by Crippen LogP contribution is 2.26. The molecule has 0 amide bonds. The summed E-state index contributed by atoms with van der Waals surface area (Å²) in [6, 6.07) is 13.1. The van der Waals surface area contributed by atoms with Gasteiger partial charge < -0.3 is 5.73 Å². The number of nitrogens with two attached hydrogens (primary N) is 1. The van der Waals surface area contributed by atoms with Crippen molar-refractivity contribution in [1.29, 1.82) is 0 Å². The molecule has 2 rings (SSSR count). The zero-order valence-electron chi connectivity index (χ0n) is 11.9. The van der Waals surface area contributed by atoms with Gasteiger partial charge in [-0.05, 0) is 60.4 Å². The van der Waals surface area contributed by atoms with Crippen LogP contribution in [0.5, 0.6) is 0 Å². The predicted octanol–water partition coefficient (Wildman–Crippen LogP) is 4.07. The summed E-state index contributed by atoms with van der Waals surface area (Å²) in [5.41, 5.74) is 12.4. The lowest BCUT2D eigenvalue weighted by Crippen LogP contribution is -1.98. The summed E-state index contributed by atoms with van der Waals surface area (Å²) in [5, 5.41) is 0. The molecule has 0 aliphatic heterocycles. The minimum Gasteiger partial charge on any atom is -0.326 e. The van der Waals surface area contributed by atoms with Crippen molar-refractivity contribution in [3.8, 4) is 0 Å². The van der Waals surface area contributed by atoms with E-state index in [0.717, 1.165) is 6.42 Å². The van der Waals surface area contributed by atoms with Crippen molar-refractivity contribution in [3.05, 3.63) is 64.2 Å². The first-order valence-electron chi connectivity index (χ1n) is 6.56. The maximum Gasteiger partial charge on any atom is 0.0178 e. The fourth-order valence-electron chi connectivity index (χ4n) is 2.28. The number of hydrogen-bond donors (Lipinski definition) is 1. The molecule has 19 heavy (non-hydrogen) atoms. The van der Waals surface area contributed by atoms with Gasteiger partial charge in [0.15, 0.2) is 0 Å². The number of benzene rings is 2. The maximum atomic E-state index is 5.63. The first-order valence-corrected chi connectivity index (χ1v) is 7.79. The lowest BCUT2D eigenvalue weighted by molar-refractivity contribution is 1.06. The van der Waals surface area contributed by atoms with Gasteiger partial charge in [-0.1, -0.05) is 30.3 Å². The minimum atomic E-state index is 0.612. The Hall–Kier alpha value is -1.25. The zero-order valence-corrected chi connectivity index (χ0v) is 12.7. The average Bonchev–Trinajstić information content (AvgIpc) is 2.45. The third-order valence-corrected chi connectivity index (χ3v) is 4.60. The molecule has 0 aliphatic rings. The van der Waals surface area contributed by atoms with Gasteiger partial charge in [0.2, 0.25) is 0 Å². The normalized spacial score (nSPS) is 10.7. The monoisotopic (exact) mass is 271 g/mol. The fourth-order valence-corrected chi connectivity index (χ4v) is 2.94. The zero-order chi connectivity index (χ0) is 13.8. The Labute approximate surface area is 120 Å². The lowest BCUT2D eigenvalue weighted by atomic mass is 9.97. The quantitative estimate of drug-likeness (QED) is 0.848. The molecule has 0 bridgehead atoms. The van der Waals surface area contributed by atoms with E-state index < -0.39 is 0 Å². The van der Waals surface area contributed by atoms with E-state index in [1.54, 1.807) is 0 Å². The van der Waals surface area contributed by atoms with Gasteiger partial charge in [-0.25, -0.2) is 0 Å². The van der Waals surface area contributed by atoms with Gasteiger partial charge in [0.05, 0.1) is 0 Å². The molecule has 0 saturated carbocycles. The first-order chi connectivity index (χ1) is 9.15. The third-order valence-electron chi connectivity index (χ3n) is 3.72. The highest BCUT2D eigenvalue weighted by Gasteiger charge is 2.06. The fraction of sp³-hybridized carbons (Fsp3) is 0.294. The van der Waals surface area contributed by atoms with Gasteiger partial charge in [-0.3, -0.25) is 0 Å². The van der Waals surface area contributed by atoms with Gasteiger partial charge in [0.1, 0.15) is 0 Å². The summed E-state index contributed by atoms with van der Waals surface area (Å²) in [6.07, 6.45) is 3.12. The molecule has 0 aromatic heterocycles. The standard InChI is InChI=1S/C17H21NS/c1-12-13(2)17(19-3)9-8-16(12)10-14-4-6-15(11-18)7-5-14/h4-9H,10-11,18H2,1-3H3. The third kappa shape index (κ3) is 3.20. The van der Waals surface area contributed by atoms with Gasteiger partial charge in [-0.2, -0.15) is 0 Å². The van der Waals surface area contributed by atoms with Crippen LogP contribution in [0.25, 0.3) is 0 Å². The molecule has 100 valence electrons. The largest absolute Gasteiger partial charge is 0.326 e. The Bertz CT molecular complexity index is 558. The van der Waals surface area contributed by atoms with Crippen LogP contribution in [0, 0.1) is 13.8 Å². The second-order valence-corrected chi connectivity index (χ2v) is 5.72. The van der Waals surface area contributed by atoms with E-state index in [4.69, 9.17) is 5.73 Å². The molecule has 0 unspecified atom stereocenters. The molecule has 1 nitrogen and oxygen atoms in total. The van der Waals surface area contributed by atoms with Gasteiger partial charge >= 0.3 is 0 Å². The van der Waals surface area contributed by atoms with E-state index >= 15 is 0 Å². The van der Waals surface area contributed by atoms with Crippen LogP contribution in [0.4, 0.5) is 0 Å². The molecule has 0 radical (unpaired) electrons. The Balaban J connectivity index is 2.25. The summed E-state index contributed by atoms with van der Waals surface area (Å²) in [7, 11) is 0. The van der Waals surface area contributed by atoms with Gasteiger partial charge in [0, 0.05) is 11.4 Å². The topological polar surface area (TPSA) is 26.0 Å². The molecule has 0 heterocycles. The molecule has 0 atom stereocenters. The molecule has 2 aromatic carbocycles. The molecule has 0 fully saturated rings. The first kappa shape index (κ1) is 14.2. The van der Waals surface area contributed by atoms with E-state index in [1.165, 1.54) is 32.7 Å². The SMILES string of the molecule is CSc1ccc(Cc2ccc(CN)cc2)c(C)c1C. The van der Waals surface area contributed by atoms with Crippen molar-refractivity contribution >= 4 is 11.8 Å². The summed E-state index contributed by atoms with van der Waals surface area (Å²) < 4.78 is 0. The van der Waals surface area contributed by atoms with Crippen LogP contribution in [-0.4, -0.2) is 6.26 Å². The second-order valence-electron chi connectivity index (χ2n) is 4.87. The van der Waals surface area contributed by atoms with E-state index in [1.807, 2.05) is 11.8 Å². The number of thioether (sulfide) groups is 1. The highest BCUT2D eigenvalue weighted by atomic mass is 32.2. The maximum absolute atomic E-state index is 5.63. The van der Waals surface area contributed by atoms with Crippen molar-refractivity contribution in [1.82, 2.24) is 0 Å². The van der Waals surface area contributed by atoms with Crippen LogP contribution in [0.15, 0.2) is 41.3 Å². The van der Waals surface area contributed by atoms with Crippen molar-refractivity contribution < 1.29 is 0 Å². The Morgan fingerprint density at radius 1 is 0.895 bits per heavy atom. The van der Waals surface area contributed by atoms with Crippen molar-refractivity contribution in [2.45, 2.75) is 31.7 Å². The van der Waals surface area contributed by atoms with E-state index in [2.05, 4.69) is 56.5 Å². The van der Waals surface area contributed by atoms with Gasteiger partial charge in [-0.15, -0.1) is 11.8 Å². The van der Waals surface area contributed by atoms with Crippen molar-refractivity contribution in [2.75, 3.05) is 6.26 Å².